The first-order chi connectivity index (χ1) is 27.8. The Morgan fingerprint density at radius 1 is 0.286 bits per heavy atom. The van der Waals surface area contributed by atoms with Crippen LogP contribution in [0.15, 0.2) is 200 Å². The molecule has 0 atom stereocenters. The summed E-state index contributed by atoms with van der Waals surface area (Å²) in [4.78, 5) is 15.5. The molecule has 0 N–H and O–H groups in total. The largest absolute Gasteiger partial charge is 0.309 e. The summed E-state index contributed by atoms with van der Waals surface area (Å²) in [6.45, 7) is 0. The number of nitrogens with zero attached hydrogens (tertiary/aromatic N) is 5. The number of aromatic nitrogens is 5. The Kier molecular flexibility index (Phi) is 7.42. The van der Waals surface area contributed by atoms with Gasteiger partial charge in [-0.3, -0.25) is 4.57 Å². The van der Waals surface area contributed by atoms with Gasteiger partial charge in [-0.2, -0.15) is 9.97 Å². The Morgan fingerprint density at radius 3 is 1.32 bits per heavy atom. The van der Waals surface area contributed by atoms with E-state index in [1.54, 1.807) is 0 Å². The standard InChI is InChI=1S/C51H33N5/c1-4-15-34(16-5-1)36-27-29-38(30-28-36)50-52-49(37-19-8-3-9-20-37)53-51(54-50)56-44-26-13-11-24-42(44)48-46(56)32-31-45-47(48)41-23-10-12-25-43(41)55(45)40-22-14-21-39(33-40)35-17-6-2-7-18-35/h1-33H. The van der Waals surface area contributed by atoms with Crippen molar-refractivity contribution in [1.29, 1.82) is 0 Å². The van der Waals surface area contributed by atoms with Gasteiger partial charge in [0.05, 0.1) is 22.1 Å². The molecule has 0 bridgehead atoms. The van der Waals surface area contributed by atoms with Crippen LogP contribution < -0.4 is 0 Å². The molecule has 56 heavy (non-hydrogen) atoms. The third-order valence-electron chi connectivity index (χ3n) is 10.8. The monoisotopic (exact) mass is 715 g/mol. The molecular weight excluding hydrogens is 683 g/mol. The maximum Gasteiger partial charge on any atom is 0.238 e. The predicted molar refractivity (Wildman–Crippen MR) is 230 cm³/mol. The molecule has 5 heteroatoms. The zero-order valence-corrected chi connectivity index (χ0v) is 30.3. The second kappa shape index (κ2) is 13.0. The van der Waals surface area contributed by atoms with Crippen molar-refractivity contribution in [2.45, 2.75) is 0 Å². The molecular formula is C51H33N5. The smallest absolute Gasteiger partial charge is 0.238 e. The van der Waals surface area contributed by atoms with E-state index in [4.69, 9.17) is 15.0 Å². The number of rotatable bonds is 6. The van der Waals surface area contributed by atoms with Crippen molar-refractivity contribution in [1.82, 2.24) is 24.1 Å². The number of fused-ring (bicyclic) bond motifs is 7. The first-order valence-corrected chi connectivity index (χ1v) is 18.9. The molecule has 0 unspecified atom stereocenters. The Labute approximate surface area is 323 Å². The summed E-state index contributed by atoms with van der Waals surface area (Å²) >= 11 is 0. The lowest BCUT2D eigenvalue weighted by molar-refractivity contribution is 0.953. The summed E-state index contributed by atoms with van der Waals surface area (Å²) in [6.07, 6.45) is 0. The normalized spacial score (nSPS) is 11.6. The third kappa shape index (κ3) is 5.21. The molecule has 5 nitrogen and oxygen atoms in total. The van der Waals surface area contributed by atoms with Gasteiger partial charge in [-0.25, -0.2) is 4.98 Å². The minimum atomic E-state index is 0.575. The minimum absolute atomic E-state index is 0.575. The quantitative estimate of drug-likeness (QED) is 0.172. The van der Waals surface area contributed by atoms with E-state index >= 15 is 0 Å². The van der Waals surface area contributed by atoms with Crippen LogP contribution in [0.5, 0.6) is 0 Å². The number of benzene rings is 8. The molecule has 0 saturated carbocycles. The molecule has 11 rings (SSSR count). The summed E-state index contributed by atoms with van der Waals surface area (Å²) < 4.78 is 4.61. The molecule has 0 spiro atoms. The molecule has 3 heterocycles. The van der Waals surface area contributed by atoms with Crippen LogP contribution in [-0.4, -0.2) is 24.1 Å². The van der Waals surface area contributed by atoms with Crippen LogP contribution in [0.4, 0.5) is 0 Å². The van der Waals surface area contributed by atoms with Gasteiger partial charge in [0.2, 0.25) is 5.95 Å². The average Bonchev–Trinajstić information content (AvgIpc) is 3.80. The fraction of sp³-hybridized carbons (Fsp3) is 0. The van der Waals surface area contributed by atoms with E-state index in [-0.39, 0.29) is 0 Å². The molecule has 0 amide bonds. The SMILES string of the molecule is c1ccc(-c2ccc(-c3nc(-c4ccccc4)nc(-n4c5ccccc5c5c6c7ccccc7n(-c7cccc(-c8ccccc8)c7)c6ccc54)n3)cc2)cc1. The van der Waals surface area contributed by atoms with E-state index in [9.17, 15) is 0 Å². The number of para-hydroxylation sites is 2. The van der Waals surface area contributed by atoms with E-state index in [1.807, 2.05) is 24.3 Å². The highest BCUT2D eigenvalue weighted by atomic mass is 15.2. The molecule has 8 aromatic carbocycles. The zero-order chi connectivity index (χ0) is 37.0. The number of hydrogen-bond donors (Lipinski definition) is 0. The zero-order valence-electron chi connectivity index (χ0n) is 30.3. The molecule has 0 aliphatic heterocycles. The lowest BCUT2D eigenvalue weighted by Crippen LogP contribution is -2.06. The fourth-order valence-corrected chi connectivity index (χ4v) is 8.22. The Morgan fingerprint density at radius 2 is 0.714 bits per heavy atom. The summed E-state index contributed by atoms with van der Waals surface area (Å²) in [7, 11) is 0. The maximum absolute atomic E-state index is 5.24. The van der Waals surface area contributed by atoms with Gasteiger partial charge in [0, 0.05) is 38.4 Å². The summed E-state index contributed by atoms with van der Waals surface area (Å²) in [6, 6.07) is 70.3. The van der Waals surface area contributed by atoms with Crippen molar-refractivity contribution < 1.29 is 0 Å². The summed E-state index contributed by atoms with van der Waals surface area (Å²) in [5.74, 6) is 1.82. The van der Waals surface area contributed by atoms with Gasteiger partial charge in [0.25, 0.3) is 0 Å². The van der Waals surface area contributed by atoms with Crippen molar-refractivity contribution in [2.75, 3.05) is 0 Å². The van der Waals surface area contributed by atoms with Crippen molar-refractivity contribution in [3.8, 4) is 56.7 Å². The second-order valence-corrected chi connectivity index (χ2v) is 14.1. The highest BCUT2D eigenvalue weighted by molar-refractivity contribution is 6.28. The van der Waals surface area contributed by atoms with Crippen LogP contribution in [-0.2, 0) is 0 Å². The molecule has 0 aliphatic rings. The van der Waals surface area contributed by atoms with E-state index in [2.05, 4.69) is 185 Å². The van der Waals surface area contributed by atoms with Gasteiger partial charge in [0.1, 0.15) is 0 Å². The molecule has 262 valence electrons. The van der Waals surface area contributed by atoms with Gasteiger partial charge in [-0.05, 0) is 58.7 Å². The van der Waals surface area contributed by atoms with Gasteiger partial charge < -0.3 is 4.57 Å². The molecule has 0 aliphatic carbocycles. The van der Waals surface area contributed by atoms with Gasteiger partial charge >= 0.3 is 0 Å². The van der Waals surface area contributed by atoms with Crippen LogP contribution in [0.25, 0.3) is 100 Å². The Hall–Kier alpha value is -7.63. The Balaban J connectivity index is 1.16. The van der Waals surface area contributed by atoms with E-state index in [0.29, 0.717) is 17.6 Å². The first-order valence-electron chi connectivity index (χ1n) is 18.9. The van der Waals surface area contributed by atoms with Crippen molar-refractivity contribution in [3.05, 3.63) is 200 Å². The van der Waals surface area contributed by atoms with Crippen LogP contribution in [0.2, 0.25) is 0 Å². The van der Waals surface area contributed by atoms with Crippen LogP contribution in [0, 0.1) is 0 Å². The minimum Gasteiger partial charge on any atom is -0.309 e. The topological polar surface area (TPSA) is 48.5 Å². The third-order valence-corrected chi connectivity index (χ3v) is 10.8. The van der Waals surface area contributed by atoms with E-state index in [0.717, 1.165) is 49.8 Å². The Bertz CT molecular complexity index is 3220. The van der Waals surface area contributed by atoms with Crippen molar-refractivity contribution in [2.24, 2.45) is 0 Å². The molecule has 0 fully saturated rings. The molecule has 3 aromatic heterocycles. The molecule has 11 aromatic rings. The van der Waals surface area contributed by atoms with Gasteiger partial charge in [-0.1, -0.05) is 164 Å². The van der Waals surface area contributed by atoms with Crippen LogP contribution in [0.3, 0.4) is 0 Å². The van der Waals surface area contributed by atoms with Gasteiger partial charge in [0.15, 0.2) is 11.6 Å². The van der Waals surface area contributed by atoms with E-state index in [1.165, 1.54) is 32.8 Å². The van der Waals surface area contributed by atoms with Crippen molar-refractivity contribution >= 4 is 43.6 Å². The molecule has 0 radical (unpaired) electrons. The van der Waals surface area contributed by atoms with Gasteiger partial charge in [-0.15, -0.1) is 0 Å². The summed E-state index contributed by atoms with van der Waals surface area (Å²) in [5, 5.41) is 4.71. The fourth-order valence-electron chi connectivity index (χ4n) is 8.22. The predicted octanol–water partition coefficient (Wildman–Crippen LogP) is 12.7. The van der Waals surface area contributed by atoms with Crippen LogP contribution >= 0.6 is 0 Å². The second-order valence-electron chi connectivity index (χ2n) is 14.1. The summed E-state index contributed by atoms with van der Waals surface area (Å²) in [5.41, 5.74) is 12.0. The average molecular weight is 716 g/mol. The number of hydrogen-bond acceptors (Lipinski definition) is 3. The van der Waals surface area contributed by atoms with Crippen LogP contribution in [0.1, 0.15) is 0 Å². The first kappa shape index (κ1) is 31.9. The maximum atomic E-state index is 5.24. The lowest BCUT2D eigenvalue weighted by Gasteiger charge is -2.12. The molecule has 0 saturated heterocycles. The lowest BCUT2D eigenvalue weighted by atomic mass is 10.0. The highest BCUT2D eigenvalue weighted by Gasteiger charge is 2.22. The van der Waals surface area contributed by atoms with E-state index < -0.39 is 0 Å². The highest BCUT2D eigenvalue weighted by Crippen LogP contribution is 2.42. The van der Waals surface area contributed by atoms with Crippen molar-refractivity contribution in [3.63, 3.8) is 0 Å².